The topological polar surface area (TPSA) is 0 Å². The molecule has 1 unspecified atom stereocenters. The van der Waals surface area contributed by atoms with Crippen molar-refractivity contribution >= 4 is 0 Å². The summed E-state index contributed by atoms with van der Waals surface area (Å²) in [5, 5.41) is 0. The molecule has 4 rings (SSSR count). The van der Waals surface area contributed by atoms with E-state index in [9.17, 15) is 0 Å². The second-order valence-corrected chi connectivity index (χ2v) is 5.89. The number of fused-ring (bicyclic) bond motifs is 4. The third-order valence-electron chi connectivity index (χ3n) is 4.97. The molecule has 90 valence electrons. The van der Waals surface area contributed by atoms with Gasteiger partial charge in [0, 0.05) is 5.41 Å². The lowest BCUT2D eigenvalue weighted by Crippen LogP contribution is -2.13. The first kappa shape index (κ1) is 10.4. The predicted octanol–water partition coefficient (Wildman–Crippen LogP) is 4.11. The fraction of sp³-hybridized carbons (Fsp3) is 0.333. The minimum absolute atomic E-state index is 0.337. The van der Waals surface area contributed by atoms with E-state index in [-0.39, 0.29) is 0 Å². The van der Waals surface area contributed by atoms with Crippen LogP contribution in [0.2, 0.25) is 0 Å². The van der Waals surface area contributed by atoms with E-state index < -0.39 is 0 Å². The molecule has 2 aromatic carbocycles. The smallest absolute Gasteiger partial charge is 0.0237 e. The Balaban J connectivity index is 2.01. The van der Waals surface area contributed by atoms with E-state index in [1.165, 1.54) is 19.3 Å². The van der Waals surface area contributed by atoms with Crippen molar-refractivity contribution in [2.24, 2.45) is 5.92 Å². The second-order valence-electron chi connectivity index (χ2n) is 5.89. The summed E-state index contributed by atoms with van der Waals surface area (Å²) in [4.78, 5) is 0. The summed E-state index contributed by atoms with van der Waals surface area (Å²) in [7, 11) is 0. The average Bonchev–Trinajstić information content (AvgIpc) is 3.12. The molecule has 0 heteroatoms. The van der Waals surface area contributed by atoms with Gasteiger partial charge in [-0.15, -0.1) is 0 Å². The van der Waals surface area contributed by atoms with Crippen LogP contribution in [0.1, 0.15) is 35.6 Å². The van der Waals surface area contributed by atoms with Gasteiger partial charge < -0.3 is 0 Å². The van der Waals surface area contributed by atoms with Gasteiger partial charge in [-0.1, -0.05) is 55.5 Å². The molecule has 0 bridgehead atoms. The van der Waals surface area contributed by atoms with Crippen LogP contribution in [0.25, 0.3) is 0 Å². The maximum absolute atomic E-state index is 2.40. The van der Waals surface area contributed by atoms with Crippen LogP contribution in [0.4, 0.5) is 0 Å². The van der Waals surface area contributed by atoms with Crippen molar-refractivity contribution in [2.75, 3.05) is 0 Å². The molecule has 1 saturated carbocycles. The first-order valence-electron chi connectivity index (χ1n) is 6.99. The van der Waals surface area contributed by atoms with Gasteiger partial charge in [0.1, 0.15) is 0 Å². The van der Waals surface area contributed by atoms with Crippen LogP contribution >= 0.6 is 0 Å². The van der Waals surface area contributed by atoms with Crippen molar-refractivity contribution in [1.29, 1.82) is 0 Å². The van der Waals surface area contributed by atoms with E-state index in [1.54, 1.807) is 22.3 Å². The molecule has 1 atom stereocenters. The zero-order chi connectivity index (χ0) is 12.2. The molecule has 18 heavy (non-hydrogen) atoms. The van der Waals surface area contributed by atoms with E-state index >= 15 is 0 Å². The van der Waals surface area contributed by atoms with Crippen LogP contribution in [0.15, 0.2) is 48.5 Å². The molecule has 0 nitrogen and oxygen atoms in total. The first-order valence-corrected chi connectivity index (χ1v) is 6.99. The zero-order valence-corrected chi connectivity index (χ0v) is 10.8. The third-order valence-corrected chi connectivity index (χ3v) is 4.97. The number of rotatable bonds is 0. The van der Waals surface area contributed by atoms with Crippen LogP contribution < -0.4 is 0 Å². The Hall–Kier alpha value is -1.56. The summed E-state index contributed by atoms with van der Waals surface area (Å²) in [5.41, 5.74) is 6.67. The summed E-state index contributed by atoms with van der Waals surface area (Å²) in [6.07, 6.45) is 3.71. The van der Waals surface area contributed by atoms with E-state index in [0.717, 1.165) is 5.92 Å². The Morgan fingerprint density at radius 2 is 1.28 bits per heavy atom. The Bertz CT molecular complexity index is 561. The van der Waals surface area contributed by atoms with Crippen LogP contribution in [0, 0.1) is 5.92 Å². The monoisotopic (exact) mass is 234 g/mol. The van der Waals surface area contributed by atoms with Crippen molar-refractivity contribution in [1.82, 2.24) is 0 Å². The molecular formula is C18H18. The van der Waals surface area contributed by atoms with Gasteiger partial charge >= 0.3 is 0 Å². The van der Waals surface area contributed by atoms with Gasteiger partial charge in [-0.25, -0.2) is 0 Å². The van der Waals surface area contributed by atoms with Gasteiger partial charge in [-0.2, -0.15) is 0 Å². The summed E-state index contributed by atoms with van der Waals surface area (Å²) in [5.74, 6) is 0.790. The first-order chi connectivity index (χ1) is 8.82. The highest BCUT2D eigenvalue weighted by Crippen LogP contribution is 2.61. The Morgan fingerprint density at radius 1 is 0.833 bits per heavy atom. The molecule has 0 aromatic heterocycles. The summed E-state index contributed by atoms with van der Waals surface area (Å²) < 4.78 is 0. The van der Waals surface area contributed by atoms with Gasteiger partial charge in [-0.3, -0.25) is 0 Å². The summed E-state index contributed by atoms with van der Waals surface area (Å²) in [6.45, 7) is 2.40. The van der Waals surface area contributed by atoms with Crippen molar-refractivity contribution in [3.8, 4) is 0 Å². The van der Waals surface area contributed by atoms with E-state index in [4.69, 9.17) is 0 Å². The maximum Gasteiger partial charge on any atom is 0.0237 e. The zero-order valence-electron chi connectivity index (χ0n) is 10.8. The average molecular weight is 234 g/mol. The highest BCUT2D eigenvalue weighted by molar-refractivity contribution is 5.54. The number of benzene rings is 2. The standard InChI is InChI=1S/C18H18/c1-13-12-18(13)16-8-4-2-6-14(16)10-11-15-7-3-5-9-17(15)18/h2-9,13H,10-12H2,1H3. The highest BCUT2D eigenvalue weighted by Gasteiger charge is 2.55. The maximum atomic E-state index is 2.40. The van der Waals surface area contributed by atoms with Gasteiger partial charge in [-0.05, 0) is 47.4 Å². The van der Waals surface area contributed by atoms with Crippen LogP contribution in [0.5, 0.6) is 0 Å². The Morgan fingerprint density at radius 3 is 1.72 bits per heavy atom. The lowest BCUT2D eigenvalue weighted by atomic mass is 9.83. The van der Waals surface area contributed by atoms with E-state index in [2.05, 4.69) is 55.5 Å². The number of hydrogen-bond acceptors (Lipinski definition) is 0. The molecule has 0 amide bonds. The Kier molecular flexibility index (Phi) is 2.00. The van der Waals surface area contributed by atoms with Gasteiger partial charge in [0.2, 0.25) is 0 Å². The molecule has 0 radical (unpaired) electrons. The molecule has 0 aliphatic heterocycles. The van der Waals surface area contributed by atoms with Crippen LogP contribution in [-0.4, -0.2) is 0 Å². The minimum atomic E-state index is 0.337. The van der Waals surface area contributed by atoms with Crippen molar-refractivity contribution in [3.05, 3.63) is 70.8 Å². The minimum Gasteiger partial charge on any atom is -0.0620 e. The summed E-state index contributed by atoms with van der Waals surface area (Å²) in [6, 6.07) is 18.2. The fourth-order valence-corrected chi connectivity index (χ4v) is 3.94. The predicted molar refractivity (Wildman–Crippen MR) is 74.9 cm³/mol. The molecule has 1 spiro atoms. The molecule has 0 heterocycles. The van der Waals surface area contributed by atoms with Gasteiger partial charge in [0.25, 0.3) is 0 Å². The quantitative estimate of drug-likeness (QED) is 0.643. The van der Waals surface area contributed by atoms with E-state index in [0.29, 0.717) is 5.41 Å². The molecule has 0 N–H and O–H groups in total. The third kappa shape index (κ3) is 1.21. The highest BCUT2D eigenvalue weighted by atomic mass is 14.6. The lowest BCUT2D eigenvalue weighted by molar-refractivity contribution is 0.744. The molecule has 2 aliphatic carbocycles. The SMILES string of the molecule is CC1CC12c1ccccc1CCc1ccccc12. The van der Waals surface area contributed by atoms with Crippen molar-refractivity contribution in [3.63, 3.8) is 0 Å². The van der Waals surface area contributed by atoms with E-state index in [1.807, 2.05) is 0 Å². The lowest BCUT2D eigenvalue weighted by Gasteiger charge is -2.20. The summed E-state index contributed by atoms with van der Waals surface area (Å²) >= 11 is 0. The number of hydrogen-bond donors (Lipinski definition) is 0. The fourth-order valence-electron chi connectivity index (χ4n) is 3.94. The van der Waals surface area contributed by atoms with Crippen molar-refractivity contribution < 1.29 is 0 Å². The Labute approximate surface area is 109 Å². The van der Waals surface area contributed by atoms with Gasteiger partial charge in [0.05, 0.1) is 0 Å². The second kappa shape index (κ2) is 3.47. The van der Waals surface area contributed by atoms with Gasteiger partial charge in [0.15, 0.2) is 0 Å². The number of aryl methyl sites for hydroxylation is 2. The van der Waals surface area contributed by atoms with Crippen LogP contribution in [-0.2, 0) is 18.3 Å². The largest absolute Gasteiger partial charge is 0.0620 e. The normalized spacial score (nSPS) is 23.1. The molecule has 0 saturated heterocycles. The van der Waals surface area contributed by atoms with Crippen molar-refractivity contribution in [2.45, 2.75) is 31.6 Å². The van der Waals surface area contributed by atoms with Crippen LogP contribution in [0.3, 0.4) is 0 Å². The molecular weight excluding hydrogens is 216 g/mol. The molecule has 2 aliphatic rings. The molecule has 1 fully saturated rings. The molecule has 2 aromatic rings.